The second-order valence-electron chi connectivity index (χ2n) is 6.14. The fourth-order valence-electron chi connectivity index (χ4n) is 3.15. The number of amides is 4. The molecule has 1 saturated heterocycles. The summed E-state index contributed by atoms with van der Waals surface area (Å²) in [6.07, 6.45) is 2.61. The smallest absolute Gasteiger partial charge is 0.324 e. The van der Waals surface area contributed by atoms with E-state index >= 15 is 0 Å². The van der Waals surface area contributed by atoms with Crippen molar-refractivity contribution < 1.29 is 14.4 Å². The van der Waals surface area contributed by atoms with Crippen molar-refractivity contribution in [3.8, 4) is 6.07 Å². The Morgan fingerprint density at radius 2 is 1.96 bits per heavy atom. The number of urea groups is 1. The first kappa shape index (κ1) is 18.5. The summed E-state index contributed by atoms with van der Waals surface area (Å²) in [6, 6.07) is 7.89. The summed E-state index contributed by atoms with van der Waals surface area (Å²) in [7, 11) is 0. The third-order valence-corrected chi connectivity index (χ3v) is 4.18. The highest BCUT2D eigenvalue weighted by Crippen LogP contribution is 2.28. The van der Waals surface area contributed by atoms with Gasteiger partial charge in [0.1, 0.15) is 12.1 Å². The molecule has 0 aliphatic carbocycles. The van der Waals surface area contributed by atoms with Gasteiger partial charge in [0.2, 0.25) is 5.91 Å². The molecule has 1 aromatic rings. The van der Waals surface area contributed by atoms with Crippen molar-refractivity contribution in [2.45, 2.75) is 45.1 Å². The van der Waals surface area contributed by atoms with Crippen molar-refractivity contribution >= 4 is 23.5 Å². The molecule has 132 valence electrons. The standard InChI is InChI=1S/C18H22N4O3/c1-3-8-18(9-4-2)16(24)22(17(25)21-18)12-15(23)20-14-7-5-6-13(10-14)11-19/h5-7,10H,3-4,8-9,12H2,1-2H3,(H,20,23)(H,21,25). The van der Waals surface area contributed by atoms with Crippen LogP contribution < -0.4 is 10.6 Å². The van der Waals surface area contributed by atoms with E-state index in [2.05, 4.69) is 10.6 Å². The van der Waals surface area contributed by atoms with E-state index in [1.54, 1.807) is 18.2 Å². The number of nitrogens with one attached hydrogen (secondary N) is 2. The second kappa shape index (κ2) is 7.79. The van der Waals surface area contributed by atoms with Crippen LogP contribution in [0, 0.1) is 11.3 Å². The number of rotatable bonds is 7. The van der Waals surface area contributed by atoms with Gasteiger partial charge in [-0.1, -0.05) is 32.8 Å². The molecule has 7 heteroatoms. The number of imide groups is 1. The Bertz CT molecular complexity index is 717. The first-order valence-electron chi connectivity index (χ1n) is 8.40. The first-order chi connectivity index (χ1) is 12.0. The summed E-state index contributed by atoms with van der Waals surface area (Å²) in [5.41, 5.74) is -0.0381. The van der Waals surface area contributed by atoms with Crippen LogP contribution in [0.2, 0.25) is 0 Å². The van der Waals surface area contributed by atoms with Crippen molar-refractivity contribution in [2.75, 3.05) is 11.9 Å². The van der Waals surface area contributed by atoms with Crippen LogP contribution in [0.5, 0.6) is 0 Å². The fraction of sp³-hybridized carbons (Fsp3) is 0.444. The van der Waals surface area contributed by atoms with Crippen LogP contribution in [0.3, 0.4) is 0 Å². The summed E-state index contributed by atoms with van der Waals surface area (Å²) < 4.78 is 0. The summed E-state index contributed by atoms with van der Waals surface area (Å²) >= 11 is 0. The summed E-state index contributed by atoms with van der Waals surface area (Å²) in [5.74, 6) is -0.829. The van der Waals surface area contributed by atoms with Crippen LogP contribution in [-0.2, 0) is 9.59 Å². The Morgan fingerprint density at radius 3 is 2.56 bits per heavy atom. The number of nitrogens with zero attached hydrogens (tertiary/aromatic N) is 2. The lowest BCUT2D eigenvalue weighted by Gasteiger charge is -2.25. The normalized spacial score (nSPS) is 15.6. The lowest BCUT2D eigenvalue weighted by Crippen LogP contribution is -2.47. The fourth-order valence-corrected chi connectivity index (χ4v) is 3.15. The average Bonchev–Trinajstić information content (AvgIpc) is 2.80. The van der Waals surface area contributed by atoms with Crippen LogP contribution in [0.15, 0.2) is 24.3 Å². The van der Waals surface area contributed by atoms with Gasteiger partial charge in [-0.2, -0.15) is 5.26 Å². The van der Waals surface area contributed by atoms with Crippen LogP contribution in [-0.4, -0.2) is 34.8 Å². The zero-order valence-electron chi connectivity index (χ0n) is 14.5. The molecule has 0 radical (unpaired) electrons. The maximum absolute atomic E-state index is 12.7. The lowest BCUT2D eigenvalue weighted by molar-refractivity contribution is -0.134. The number of carbonyl (C=O) groups excluding carboxylic acids is 3. The maximum Gasteiger partial charge on any atom is 0.325 e. The molecule has 1 aromatic carbocycles. The summed E-state index contributed by atoms with van der Waals surface area (Å²) in [6.45, 7) is 3.55. The van der Waals surface area contributed by atoms with E-state index < -0.39 is 17.5 Å². The molecule has 4 amide bonds. The van der Waals surface area contributed by atoms with Crippen molar-refractivity contribution in [3.05, 3.63) is 29.8 Å². The molecule has 7 nitrogen and oxygen atoms in total. The van der Waals surface area contributed by atoms with E-state index in [4.69, 9.17) is 5.26 Å². The van der Waals surface area contributed by atoms with Gasteiger partial charge in [-0.25, -0.2) is 4.79 Å². The third kappa shape index (κ3) is 3.97. The molecule has 0 bridgehead atoms. The van der Waals surface area contributed by atoms with Crippen LogP contribution in [0.4, 0.5) is 10.5 Å². The van der Waals surface area contributed by atoms with Gasteiger partial charge in [-0.3, -0.25) is 14.5 Å². The van der Waals surface area contributed by atoms with E-state index in [-0.39, 0.29) is 12.5 Å². The van der Waals surface area contributed by atoms with Crippen LogP contribution in [0.25, 0.3) is 0 Å². The Kier molecular flexibility index (Phi) is 5.75. The molecule has 0 unspecified atom stereocenters. The minimum Gasteiger partial charge on any atom is -0.324 e. The number of hydrogen-bond acceptors (Lipinski definition) is 4. The third-order valence-electron chi connectivity index (χ3n) is 4.18. The van der Waals surface area contributed by atoms with Gasteiger partial charge >= 0.3 is 6.03 Å². The van der Waals surface area contributed by atoms with Crippen molar-refractivity contribution in [1.29, 1.82) is 5.26 Å². The molecule has 0 saturated carbocycles. The predicted octanol–water partition coefficient (Wildman–Crippen LogP) is 2.39. The number of benzene rings is 1. The van der Waals surface area contributed by atoms with E-state index in [9.17, 15) is 14.4 Å². The molecule has 1 heterocycles. The van der Waals surface area contributed by atoms with E-state index in [0.29, 0.717) is 24.1 Å². The highest BCUT2D eigenvalue weighted by molar-refractivity contribution is 6.10. The minimum atomic E-state index is -0.901. The second-order valence-corrected chi connectivity index (χ2v) is 6.14. The van der Waals surface area contributed by atoms with E-state index in [0.717, 1.165) is 17.7 Å². The molecule has 0 atom stereocenters. The number of hydrogen-bond donors (Lipinski definition) is 2. The topological polar surface area (TPSA) is 102 Å². The Hall–Kier alpha value is -2.88. The Labute approximate surface area is 147 Å². The zero-order chi connectivity index (χ0) is 18.4. The van der Waals surface area contributed by atoms with Gasteiger partial charge in [0.25, 0.3) is 5.91 Å². The predicted molar refractivity (Wildman–Crippen MR) is 92.6 cm³/mol. The average molecular weight is 342 g/mol. The SMILES string of the molecule is CCCC1(CCC)NC(=O)N(CC(=O)Nc2cccc(C#N)c2)C1=O. The van der Waals surface area contributed by atoms with Crippen molar-refractivity contribution in [2.24, 2.45) is 0 Å². The molecule has 2 rings (SSSR count). The molecular formula is C18H22N4O3. The Balaban J connectivity index is 2.08. The zero-order valence-corrected chi connectivity index (χ0v) is 14.5. The molecule has 0 spiro atoms. The van der Waals surface area contributed by atoms with Gasteiger partial charge in [0.05, 0.1) is 11.6 Å². The summed E-state index contributed by atoms with van der Waals surface area (Å²) in [5, 5.41) is 14.3. The maximum atomic E-state index is 12.7. The van der Waals surface area contributed by atoms with Gasteiger partial charge in [0, 0.05) is 5.69 Å². The minimum absolute atomic E-state index is 0.345. The van der Waals surface area contributed by atoms with Gasteiger partial charge in [-0.15, -0.1) is 0 Å². The number of anilines is 1. The summed E-state index contributed by atoms with van der Waals surface area (Å²) in [4.78, 5) is 38.1. The van der Waals surface area contributed by atoms with E-state index in [1.807, 2.05) is 19.9 Å². The quantitative estimate of drug-likeness (QED) is 0.743. The van der Waals surface area contributed by atoms with Crippen LogP contribution >= 0.6 is 0 Å². The Morgan fingerprint density at radius 1 is 1.28 bits per heavy atom. The first-order valence-corrected chi connectivity index (χ1v) is 8.40. The van der Waals surface area contributed by atoms with Gasteiger partial charge in [0.15, 0.2) is 0 Å². The number of nitriles is 1. The molecule has 2 N–H and O–H groups in total. The molecule has 25 heavy (non-hydrogen) atoms. The molecular weight excluding hydrogens is 320 g/mol. The number of carbonyl (C=O) groups is 3. The van der Waals surface area contributed by atoms with Gasteiger partial charge < -0.3 is 10.6 Å². The molecule has 0 aromatic heterocycles. The highest BCUT2D eigenvalue weighted by atomic mass is 16.2. The van der Waals surface area contributed by atoms with Crippen molar-refractivity contribution in [1.82, 2.24) is 10.2 Å². The lowest BCUT2D eigenvalue weighted by atomic mass is 9.88. The van der Waals surface area contributed by atoms with Crippen LogP contribution in [0.1, 0.15) is 45.1 Å². The van der Waals surface area contributed by atoms with Gasteiger partial charge in [-0.05, 0) is 31.0 Å². The molecule has 1 fully saturated rings. The monoisotopic (exact) mass is 342 g/mol. The molecule has 1 aliphatic rings. The van der Waals surface area contributed by atoms with Crippen molar-refractivity contribution in [3.63, 3.8) is 0 Å². The van der Waals surface area contributed by atoms with E-state index in [1.165, 1.54) is 6.07 Å². The largest absolute Gasteiger partial charge is 0.325 e. The highest BCUT2D eigenvalue weighted by Gasteiger charge is 2.50. The molecule has 1 aliphatic heterocycles.